The smallest absolute Gasteiger partial charge is 0.225 e. The van der Waals surface area contributed by atoms with Gasteiger partial charge in [-0.2, -0.15) is 0 Å². The van der Waals surface area contributed by atoms with Crippen molar-refractivity contribution in [2.24, 2.45) is 11.7 Å². The topological polar surface area (TPSA) is 71.2 Å². The number of nitrogens with two attached hydrogens (primary N) is 1. The second-order valence-corrected chi connectivity index (χ2v) is 6.88. The molecular formula is C19H25Cl3N4O. The van der Waals surface area contributed by atoms with E-state index in [-0.39, 0.29) is 48.7 Å². The molecule has 0 aliphatic carbocycles. The first-order chi connectivity index (χ1) is 12.1. The molecule has 0 radical (unpaired) electrons. The van der Waals surface area contributed by atoms with Gasteiger partial charge >= 0.3 is 0 Å². The van der Waals surface area contributed by atoms with Crippen molar-refractivity contribution in [2.45, 2.75) is 25.4 Å². The van der Waals surface area contributed by atoms with Crippen molar-refractivity contribution in [3.63, 3.8) is 0 Å². The third kappa shape index (κ3) is 5.72. The molecule has 0 saturated carbocycles. The number of benzene rings is 1. The standard InChI is InChI=1S/C19H23ClN4O.2ClH/c1-13(17(21)14-6-3-2-4-7-14)19(25)23-15-9-11-24(12-15)18-16(20)8-5-10-22-18;;/h2-8,10,13,15,17H,9,11-12,21H2,1H3,(H,23,25);2*1H. The largest absolute Gasteiger partial charge is 0.353 e. The highest BCUT2D eigenvalue weighted by Crippen LogP contribution is 2.26. The number of nitrogens with zero attached hydrogens (tertiary/aromatic N) is 2. The molecule has 5 nitrogen and oxygen atoms in total. The summed E-state index contributed by atoms with van der Waals surface area (Å²) in [6.45, 7) is 3.39. The fraction of sp³-hybridized carbons (Fsp3) is 0.368. The van der Waals surface area contributed by atoms with Gasteiger partial charge in [0.25, 0.3) is 0 Å². The lowest BCUT2D eigenvalue weighted by molar-refractivity contribution is -0.125. The minimum absolute atomic E-state index is 0. The molecule has 8 heteroatoms. The van der Waals surface area contributed by atoms with Gasteiger partial charge in [0.15, 0.2) is 0 Å². The molecule has 1 aromatic carbocycles. The summed E-state index contributed by atoms with van der Waals surface area (Å²) in [6.07, 6.45) is 2.60. The Hall–Kier alpha value is -1.53. The van der Waals surface area contributed by atoms with Crippen molar-refractivity contribution in [2.75, 3.05) is 18.0 Å². The summed E-state index contributed by atoms with van der Waals surface area (Å²) in [5.41, 5.74) is 7.22. The molecule has 3 N–H and O–H groups in total. The van der Waals surface area contributed by atoms with Gasteiger partial charge in [-0.05, 0) is 24.1 Å². The Morgan fingerprint density at radius 2 is 1.96 bits per heavy atom. The molecule has 2 aromatic rings. The molecule has 1 aromatic heterocycles. The van der Waals surface area contributed by atoms with Gasteiger partial charge in [-0.15, -0.1) is 24.8 Å². The number of nitrogens with one attached hydrogen (secondary N) is 1. The lowest BCUT2D eigenvalue weighted by Gasteiger charge is -2.23. The number of anilines is 1. The molecule has 0 bridgehead atoms. The van der Waals surface area contributed by atoms with Crippen molar-refractivity contribution in [3.8, 4) is 0 Å². The number of amides is 1. The third-order valence-corrected chi connectivity index (χ3v) is 5.00. The molecule has 1 saturated heterocycles. The summed E-state index contributed by atoms with van der Waals surface area (Å²) >= 11 is 6.21. The Labute approximate surface area is 177 Å². The number of halogens is 3. The van der Waals surface area contributed by atoms with Gasteiger partial charge in [-0.3, -0.25) is 4.79 Å². The van der Waals surface area contributed by atoms with Crippen LogP contribution in [0.5, 0.6) is 0 Å². The lowest BCUT2D eigenvalue weighted by Crippen LogP contribution is -2.42. The molecule has 3 rings (SSSR count). The van der Waals surface area contributed by atoms with Crippen molar-refractivity contribution in [1.82, 2.24) is 10.3 Å². The highest BCUT2D eigenvalue weighted by atomic mass is 35.5. The maximum atomic E-state index is 12.6. The summed E-state index contributed by atoms with van der Waals surface area (Å²) in [6, 6.07) is 13.1. The maximum Gasteiger partial charge on any atom is 0.225 e. The Bertz CT molecular complexity index is 732. The highest BCUT2D eigenvalue weighted by Gasteiger charge is 2.29. The Morgan fingerprint density at radius 3 is 2.63 bits per heavy atom. The number of hydrogen-bond acceptors (Lipinski definition) is 4. The highest BCUT2D eigenvalue weighted by molar-refractivity contribution is 6.32. The molecule has 2 heterocycles. The van der Waals surface area contributed by atoms with Crippen LogP contribution in [0, 0.1) is 5.92 Å². The van der Waals surface area contributed by atoms with E-state index < -0.39 is 0 Å². The summed E-state index contributed by atoms with van der Waals surface area (Å²) in [4.78, 5) is 19.0. The Morgan fingerprint density at radius 1 is 1.26 bits per heavy atom. The van der Waals surface area contributed by atoms with E-state index in [1.54, 1.807) is 6.20 Å². The first kappa shape index (κ1) is 23.5. The van der Waals surface area contributed by atoms with E-state index in [2.05, 4.69) is 15.2 Å². The summed E-state index contributed by atoms with van der Waals surface area (Å²) in [7, 11) is 0. The predicted molar refractivity (Wildman–Crippen MR) is 115 cm³/mol. The van der Waals surface area contributed by atoms with Crippen LogP contribution in [0.3, 0.4) is 0 Å². The van der Waals surface area contributed by atoms with Crippen LogP contribution in [0.4, 0.5) is 5.82 Å². The maximum absolute atomic E-state index is 12.6. The van der Waals surface area contributed by atoms with E-state index in [4.69, 9.17) is 17.3 Å². The molecule has 3 atom stereocenters. The molecular weight excluding hydrogens is 407 g/mol. The van der Waals surface area contributed by atoms with Crippen LogP contribution in [0.25, 0.3) is 0 Å². The molecule has 1 amide bonds. The zero-order chi connectivity index (χ0) is 17.8. The van der Waals surface area contributed by atoms with E-state index in [0.717, 1.165) is 24.3 Å². The summed E-state index contributed by atoms with van der Waals surface area (Å²) in [5, 5.41) is 3.75. The van der Waals surface area contributed by atoms with Crippen molar-refractivity contribution >= 4 is 48.1 Å². The fourth-order valence-electron chi connectivity index (χ4n) is 3.14. The van der Waals surface area contributed by atoms with Gasteiger partial charge in [0.2, 0.25) is 5.91 Å². The van der Waals surface area contributed by atoms with Crippen molar-refractivity contribution < 1.29 is 4.79 Å². The number of carbonyl (C=O) groups excluding carboxylic acids is 1. The van der Waals surface area contributed by atoms with Gasteiger partial charge < -0.3 is 16.0 Å². The average molecular weight is 432 g/mol. The van der Waals surface area contributed by atoms with Gasteiger partial charge in [0, 0.05) is 31.4 Å². The molecule has 1 aliphatic rings. The minimum atomic E-state index is -0.316. The predicted octanol–water partition coefficient (Wildman–Crippen LogP) is 3.61. The first-order valence-electron chi connectivity index (χ1n) is 8.52. The summed E-state index contributed by atoms with van der Waals surface area (Å²) in [5.74, 6) is 0.458. The molecule has 148 valence electrons. The zero-order valence-corrected chi connectivity index (χ0v) is 17.4. The molecule has 1 aliphatic heterocycles. The van der Waals surface area contributed by atoms with Crippen LogP contribution in [0.2, 0.25) is 5.02 Å². The third-order valence-electron chi connectivity index (χ3n) is 4.71. The van der Waals surface area contributed by atoms with E-state index in [1.807, 2.05) is 49.4 Å². The van der Waals surface area contributed by atoms with Crippen LogP contribution in [-0.4, -0.2) is 30.0 Å². The fourth-order valence-corrected chi connectivity index (χ4v) is 3.38. The van der Waals surface area contributed by atoms with Gasteiger partial charge in [0.05, 0.1) is 10.9 Å². The van der Waals surface area contributed by atoms with Gasteiger partial charge in [-0.1, -0.05) is 48.9 Å². The van der Waals surface area contributed by atoms with Crippen LogP contribution in [0.1, 0.15) is 24.9 Å². The number of hydrogen-bond donors (Lipinski definition) is 2. The Kier molecular flexibility index (Phi) is 9.33. The van der Waals surface area contributed by atoms with Crippen LogP contribution in [0.15, 0.2) is 48.7 Å². The zero-order valence-electron chi connectivity index (χ0n) is 15.0. The molecule has 1 fully saturated rings. The number of aromatic nitrogens is 1. The van der Waals surface area contributed by atoms with Crippen molar-refractivity contribution in [1.29, 1.82) is 0 Å². The second kappa shape index (κ2) is 10.7. The quantitative estimate of drug-likeness (QED) is 0.758. The lowest BCUT2D eigenvalue weighted by atomic mass is 9.94. The molecule has 0 spiro atoms. The molecule has 3 unspecified atom stereocenters. The Balaban J connectivity index is 0.00000182. The van der Waals surface area contributed by atoms with E-state index in [9.17, 15) is 4.79 Å². The van der Waals surface area contributed by atoms with Crippen LogP contribution in [-0.2, 0) is 4.79 Å². The van der Waals surface area contributed by atoms with Crippen LogP contribution >= 0.6 is 36.4 Å². The van der Waals surface area contributed by atoms with Gasteiger partial charge in [-0.25, -0.2) is 4.98 Å². The SMILES string of the molecule is CC(C(=O)NC1CCN(c2ncccc2Cl)C1)C(N)c1ccccc1.Cl.Cl. The number of rotatable bonds is 5. The summed E-state index contributed by atoms with van der Waals surface area (Å²) < 4.78 is 0. The average Bonchev–Trinajstić information content (AvgIpc) is 3.09. The van der Waals surface area contributed by atoms with Crippen molar-refractivity contribution in [3.05, 3.63) is 59.2 Å². The number of pyridine rings is 1. The number of carbonyl (C=O) groups is 1. The van der Waals surface area contributed by atoms with E-state index in [0.29, 0.717) is 11.6 Å². The second-order valence-electron chi connectivity index (χ2n) is 6.47. The van der Waals surface area contributed by atoms with E-state index >= 15 is 0 Å². The van der Waals surface area contributed by atoms with E-state index in [1.165, 1.54) is 0 Å². The minimum Gasteiger partial charge on any atom is -0.353 e. The molecule has 27 heavy (non-hydrogen) atoms. The monoisotopic (exact) mass is 430 g/mol. The normalized spacial score (nSPS) is 18.0. The van der Waals surface area contributed by atoms with Gasteiger partial charge in [0.1, 0.15) is 5.82 Å². The first-order valence-corrected chi connectivity index (χ1v) is 8.90. The van der Waals surface area contributed by atoms with Crippen LogP contribution < -0.4 is 16.0 Å².